The molecule has 0 amide bonds. The molecule has 6 heteroatoms. The SMILES string of the molecule is O=Cc1cc(F)ccc1Oc1cc(Br)cc(F)c1F. The van der Waals surface area contributed by atoms with Gasteiger partial charge in [-0.05, 0) is 30.3 Å². The highest BCUT2D eigenvalue weighted by Crippen LogP contribution is 2.31. The zero-order valence-corrected chi connectivity index (χ0v) is 10.9. The fourth-order valence-corrected chi connectivity index (χ4v) is 1.84. The molecule has 0 aliphatic carbocycles. The Labute approximate surface area is 114 Å². The van der Waals surface area contributed by atoms with Crippen LogP contribution in [0.2, 0.25) is 0 Å². The minimum Gasteiger partial charge on any atom is -0.453 e. The van der Waals surface area contributed by atoms with E-state index in [1.54, 1.807) is 0 Å². The Bertz CT molecular complexity index is 644. The Morgan fingerprint density at radius 2 is 1.79 bits per heavy atom. The summed E-state index contributed by atoms with van der Waals surface area (Å²) in [6, 6.07) is 5.30. The quantitative estimate of drug-likeness (QED) is 0.613. The monoisotopic (exact) mass is 330 g/mol. The normalized spacial score (nSPS) is 10.3. The van der Waals surface area contributed by atoms with E-state index in [9.17, 15) is 18.0 Å². The van der Waals surface area contributed by atoms with Gasteiger partial charge in [0, 0.05) is 4.47 Å². The molecule has 0 aliphatic heterocycles. The molecule has 0 aliphatic rings. The van der Waals surface area contributed by atoms with Crippen molar-refractivity contribution in [1.82, 2.24) is 0 Å². The molecule has 0 fully saturated rings. The van der Waals surface area contributed by atoms with Crippen molar-refractivity contribution < 1.29 is 22.7 Å². The first kappa shape index (κ1) is 13.6. The third kappa shape index (κ3) is 2.96. The maximum Gasteiger partial charge on any atom is 0.201 e. The summed E-state index contributed by atoms with van der Waals surface area (Å²) >= 11 is 2.99. The van der Waals surface area contributed by atoms with Crippen molar-refractivity contribution >= 4 is 22.2 Å². The summed E-state index contributed by atoms with van der Waals surface area (Å²) in [5, 5.41) is 0. The van der Waals surface area contributed by atoms with Crippen molar-refractivity contribution in [1.29, 1.82) is 0 Å². The first-order chi connectivity index (χ1) is 9.01. The smallest absolute Gasteiger partial charge is 0.201 e. The van der Waals surface area contributed by atoms with Crippen molar-refractivity contribution in [3.8, 4) is 11.5 Å². The molecular formula is C13H6BrF3O2. The van der Waals surface area contributed by atoms with E-state index in [4.69, 9.17) is 4.74 Å². The van der Waals surface area contributed by atoms with Crippen LogP contribution in [0.1, 0.15) is 10.4 Å². The number of aldehydes is 1. The zero-order chi connectivity index (χ0) is 14.0. The first-order valence-corrected chi connectivity index (χ1v) is 5.87. The van der Waals surface area contributed by atoms with E-state index in [1.165, 1.54) is 6.07 Å². The van der Waals surface area contributed by atoms with Crippen molar-refractivity contribution in [3.05, 3.63) is 57.8 Å². The second-order valence-electron chi connectivity index (χ2n) is 3.60. The van der Waals surface area contributed by atoms with Crippen LogP contribution in [0.3, 0.4) is 0 Å². The van der Waals surface area contributed by atoms with Crippen LogP contribution in [0.15, 0.2) is 34.8 Å². The van der Waals surface area contributed by atoms with Gasteiger partial charge in [0.15, 0.2) is 17.9 Å². The van der Waals surface area contributed by atoms with Gasteiger partial charge >= 0.3 is 0 Å². The Balaban J connectivity index is 2.44. The minimum absolute atomic E-state index is 0.0622. The van der Waals surface area contributed by atoms with Crippen LogP contribution in [0.4, 0.5) is 13.2 Å². The largest absolute Gasteiger partial charge is 0.453 e. The summed E-state index contributed by atoms with van der Waals surface area (Å²) in [5.74, 6) is -3.38. The second-order valence-corrected chi connectivity index (χ2v) is 4.52. The highest BCUT2D eigenvalue weighted by atomic mass is 79.9. The second kappa shape index (κ2) is 5.44. The van der Waals surface area contributed by atoms with Gasteiger partial charge in [-0.25, -0.2) is 8.78 Å². The van der Waals surface area contributed by atoms with E-state index in [2.05, 4.69) is 15.9 Å². The molecule has 2 rings (SSSR count). The van der Waals surface area contributed by atoms with Gasteiger partial charge in [0.25, 0.3) is 0 Å². The molecule has 0 heterocycles. The van der Waals surface area contributed by atoms with Crippen molar-refractivity contribution in [2.75, 3.05) is 0 Å². The zero-order valence-electron chi connectivity index (χ0n) is 9.29. The van der Waals surface area contributed by atoms with E-state index in [0.717, 1.165) is 24.3 Å². The lowest BCUT2D eigenvalue weighted by Crippen LogP contribution is -1.96. The highest BCUT2D eigenvalue weighted by molar-refractivity contribution is 9.10. The van der Waals surface area contributed by atoms with Crippen molar-refractivity contribution in [2.24, 2.45) is 0 Å². The molecule has 0 radical (unpaired) electrons. The van der Waals surface area contributed by atoms with Crippen LogP contribution >= 0.6 is 15.9 Å². The maximum atomic E-state index is 13.5. The molecule has 0 bridgehead atoms. The number of benzene rings is 2. The minimum atomic E-state index is -1.19. The molecule has 98 valence electrons. The summed E-state index contributed by atoms with van der Waals surface area (Å²) in [5.41, 5.74) is -0.0974. The third-order valence-corrected chi connectivity index (χ3v) is 2.74. The standard InChI is InChI=1S/C13H6BrF3O2/c14-8-4-10(16)13(17)12(5-8)19-11-2-1-9(15)3-7(11)6-18/h1-6H. The number of ether oxygens (including phenoxy) is 1. The predicted molar refractivity (Wildman–Crippen MR) is 65.9 cm³/mol. The Morgan fingerprint density at radius 3 is 2.47 bits per heavy atom. The van der Waals surface area contributed by atoms with Crippen LogP contribution in [-0.4, -0.2) is 6.29 Å². The van der Waals surface area contributed by atoms with Gasteiger partial charge in [-0.15, -0.1) is 0 Å². The van der Waals surface area contributed by atoms with Gasteiger partial charge < -0.3 is 4.74 Å². The van der Waals surface area contributed by atoms with Crippen LogP contribution in [-0.2, 0) is 0 Å². The van der Waals surface area contributed by atoms with E-state index >= 15 is 0 Å². The number of rotatable bonds is 3. The summed E-state index contributed by atoms with van der Waals surface area (Å²) in [4.78, 5) is 10.8. The third-order valence-electron chi connectivity index (χ3n) is 2.28. The highest BCUT2D eigenvalue weighted by Gasteiger charge is 2.14. The molecule has 2 nitrogen and oxygen atoms in total. The molecule has 2 aromatic rings. The fraction of sp³-hybridized carbons (Fsp3) is 0. The number of carbonyl (C=O) groups is 1. The molecular weight excluding hydrogens is 325 g/mol. The molecule has 0 saturated heterocycles. The molecule has 0 spiro atoms. The molecule has 0 atom stereocenters. The summed E-state index contributed by atoms with van der Waals surface area (Å²) in [6.07, 6.45) is 0.366. The molecule has 0 N–H and O–H groups in total. The molecule has 19 heavy (non-hydrogen) atoms. The topological polar surface area (TPSA) is 26.3 Å². The Morgan fingerprint density at radius 1 is 1.05 bits per heavy atom. The molecule has 0 aromatic heterocycles. The summed E-state index contributed by atoms with van der Waals surface area (Å²) in [6.45, 7) is 0. The summed E-state index contributed by atoms with van der Waals surface area (Å²) in [7, 11) is 0. The van der Waals surface area contributed by atoms with Gasteiger partial charge in [-0.3, -0.25) is 4.79 Å². The lowest BCUT2D eigenvalue weighted by molar-refractivity contribution is 0.112. The van der Waals surface area contributed by atoms with Gasteiger partial charge in [-0.2, -0.15) is 4.39 Å². The van der Waals surface area contributed by atoms with Crippen molar-refractivity contribution in [3.63, 3.8) is 0 Å². The molecule has 0 saturated carbocycles. The van der Waals surface area contributed by atoms with Crippen LogP contribution < -0.4 is 4.74 Å². The van der Waals surface area contributed by atoms with E-state index in [-0.39, 0.29) is 15.8 Å². The van der Waals surface area contributed by atoms with E-state index in [1.807, 2.05) is 0 Å². The van der Waals surface area contributed by atoms with Gasteiger partial charge in [0.1, 0.15) is 11.6 Å². The first-order valence-electron chi connectivity index (χ1n) is 5.08. The maximum absolute atomic E-state index is 13.5. The van der Waals surface area contributed by atoms with Gasteiger partial charge in [0.2, 0.25) is 5.82 Å². The van der Waals surface area contributed by atoms with Crippen LogP contribution in [0.25, 0.3) is 0 Å². The lowest BCUT2D eigenvalue weighted by atomic mass is 10.2. The van der Waals surface area contributed by atoms with Gasteiger partial charge in [-0.1, -0.05) is 15.9 Å². The predicted octanol–water partition coefficient (Wildman–Crippen LogP) is 4.47. The van der Waals surface area contributed by atoms with Crippen molar-refractivity contribution in [2.45, 2.75) is 0 Å². The number of carbonyl (C=O) groups excluding carboxylic acids is 1. The summed E-state index contributed by atoms with van der Waals surface area (Å²) < 4.78 is 45.0. The van der Waals surface area contributed by atoms with Crippen LogP contribution in [0, 0.1) is 17.5 Å². The fourth-order valence-electron chi connectivity index (χ4n) is 1.43. The van der Waals surface area contributed by atoms with Crippen LogP contribution in [0.5, 0.6) is 11.5 Å². The Kier molecular flexibility index (Phi) is 3.90. The number of hydrogen-bond acceptors (Lipinski definition) is 2. The number of hydrogen-bond donors (Lipinski definition) is 0. The average molecular weight is 331 g/mol. The van der Waals surface area contributed by atoms with Gasteiger partial charge in [0.05, 0.1) is 5.56 Å². The number of halogens is 4. The van der Waals surface area contributed by atoms with E-state index in [0.29, 0.717) is 6.29 Å². The molecule has 0 unspecified atom stereocenters. The lowest BCUT2D eigenvalue weighted by Gasteiger charge is -2.09. The van der Waals surface area contributed by atoms with E-state index < -0.39 is 23.2 Å². The molecule has 2 aromatic carbocycles. The average Bonchev–Trinajstić information content (AvgIpc) is 2.37. The Hall–Kier alpha value is -1.82.